The van der Waals surface area contributed by atoms with Crippen LogP contribution in [0.4, 0.5) is 10.1 Å². The molecule has 0 radical (unpaired) electrons. The summed E-state index contributed by atoms with van der Waals surface area (Å²) >= 11 is 0. The molecule has 186 valence electrons. The van der Waals surface area contributed by atoms with Crippen molar-refractivity contribution in [1.82, 2.24) is 20.4 Å². The molecular weight excluding hydrogens is 530 g/mol. The second kappa shape index (κ2) is 12.5. The van der Waals surface area contributed by atoms with Gasteiger partial charge in [-0.05, 0) is 63.9 Å². The van der Waals surface area contributed by atoms with E-state index >= 15 is 0 Å². The molecule has 3 fully saturated rings. The molecule has 0 amide bonds. The van der Waals surface area contributed by atoms with Crippen molar-refractivity contribution < 1.29 is 4.39 Å². The summed E-state index contributed by atoms with van der Waals surface area (Å²) in [6.45, 7) is 10.4. The molecule has 33 heavy (non-hydrogen) atoms. The SMILES string of the molecule is CCNC(=NCc1ccc(N2CCN(CC)CC2)c(F)c1)NC1CC2CCCC(C1)N2C.I. The van der Waals surface area contributed by atoms with Crippen LogP contribution in [0.3, 0.4) is 0 Å². The summed E-state index contributed by atoms with van der Waals surface area (Å²) in [4.78, 5) is 11.9. The van der Waals surface area contributed by atoms with Gasteiger partial charge in [0, 0.05) is 50.8 Å². The fraction of sp³-hybridized carbons (Fsp3) is 0.720. The van der Waals surface area contributed by atoms with E-state index in [9.17, 15) is 4.39 Å². The normalized spacial score (nSPS) is 26.6. The first-order valence-corrected chi connectivity index (χ1v) is 12.6. The van der Waals surface area contributed by atoms with E-state index in [2.05, 4.69) is 46.2 Å². The number of halogens is 2. The van der Waals surface area contributed by atoms with Gasteiger partial charge in [-0.2, -0.15) is 0 Å². The van der Waals surface area contributed by atoms with Crippen molar-refractivity contribution in [3.8, 4) is 0 Å². The summed E-state index contributed by atoms with van der Waals surface area (Å²) in [7, 11) is 2.28. The van der Waals surface area contributed by atoms with Gasteiger partial charge < -0.3 is 25.3 Å². The number of likely N-dealkylation sites (N-methyl/N-ethyl adjacent to an activating group) is 1. The van der Waals surface area contributed by atoms with E-state index in [1.165, 1.54) is 32.1 Å². The second-order valence-corrected chi connectivity index (χ2v) is 9.62. The van der Waals surface area contributed by atoms with Gasteiger partial charge in [-0.25, -0.2) is 9.38 Å². The third kappa shape index (κ3) is 6.72. The number of aliphatic imine (C=N–C) groups is 1. The first-order chi connectivity index (χ1) is 15.6. The number of nitrogens with one attached hydrogen (secondary N) is 2. The number of piperazine rings is 1. The number of guanidine groups is 1. The molecule has 3 aliphatic heterocycles. The van der Waals surface area contributed by atoms with E-state index in [4.69, 9.17) is 4.99 Å². The summed E-state index contributed by atoms with van der Waals surface area (Å²) in [6.07, 6.45) is 6.31. The molecule has 0 spiro atoms. The molecular formula is C25H42FIN6. The Labute approximate surface area is 216 Å². The Morgan fingerprint density at radius 3 is 2.39 bits per heavy atom. The highest BCUT2D eigenvalue weighted by atomic mass is 127. The molecule has 8 heteroatoms. The van der Waals surface area contributed by atoms with Gasteiger partial charge in [-0.15, -0.1) is 24.0 Å². The van der Waals surface area contributed by atoms with Crippen LogP contribution in [0, 0.1) is 5.82 Å². The largest absolute Gasteiger partial charge is 0.367 e. The zero-order valence-corrected chi connectivity index (χ0v) is 22.9. The van der Waals surface area contributed by atoms with Gasteiger partial charge in [0.1, 0.15) is 5.82 Å². The van der Waals surface area contributed by atoms with Crippen molar-refractivity contribution in [3.05, 3.63) is 29.6 Å². The minimum Gasteiger partial charge on any atom is -0.367 e. The van der Waals surface area contributed by atoms with Crippen molar-refractivity contribution in [2.45, 2.75) is 70.6 Å². The molecule has 1 aromatic rings. The van der Waals surface area contributed by atoms with E-state index in [1.54, 1.807) is 6.07 Å². The van der Waals surface area contributed by atoms with Crippen molar-refractivity contribution in [3.63, 3.8) is 0 Å². The van der Waals surface area contributed by atoms with E-state index in [0.717, 1.165) is 56.5 Å². The van der Waals surface area contributed by atoms with E-state index < -0.39 is 0 Å². The standard InChI is InChI=1S/C25H41FN6.HI/c1-4-27-25(29-20-16-21-7-6-8-22(17-20)30(21)3)28-18-19-9-10-24(23(26)15-19)32-13-11-31(5-2)12-14-32;/h9-10,15,20-22H,4-8,11-14,16-18H2,1-3H3,(H2,27,28,29);1H. The summed E-state index contributed by atoms with van der Waals surface area (Å²) < 4.78 is 14.9. The fourth-order valence-electron chi connectivity index (χ4n) is 5.63. The Balaban J connectivity index is 0.00000306. The maximum absolute atomic E-state index is 14.9. The first kappa shape index (κ1) is 26.5. The molecule has 2 atom stereocenters. The quantitative estimate of drug-likeness (QED) is 0.310. The smallest absolute Gasteiger partial charge is 0.191 e. The van der Waals surface area contributed by atoms with Gasteiger partial charge in [-0.1, -0.05) is 19.4 Å². The molecule has 3 saturated heterocycles. The fourth-order valence-corrected chi connectivity index (χ4v) is 5.63. The molecule has 1 aromatic carbocycles. The van der Waals surface area contributed by atoms with Crippen molar-refractivity contribution in [2.75, 3.05) is 51.2 Å². The highest BCUT2D eigenvalue weighted by Gasteiger charge is 2.36. The molecule has 0 aliphatic carbocycles. The predicted molar refractivity (Wildman–Crippen MR) is 146 cm³/mol. The summed E-state index contributed by atoms with van der Waals surface area (Å²) in [6, 6.07) is 7.44. The molecule has 3 heterocycles. The minimum atomic E-state index is -0.135. The van der Waals surface area contributed by atoms with Crippen LogP contribution in [-0.2, 0) is 6.54 Å². The van der Waals surface area contributed by atoms with E-state index in [-0.39, 0.29) is 29.8 Å². The second-order valence-electron chi connectivity index (χ2n) is 9.62. The number of rotatable bonds is 6. The lowest BCUT2D eigenvalue weighted by molar-refractivity contribution is 0.0526. The van der Waals surface area contributed by atoms with Gasteiger partial charge in [0.25, 0.3) is 0 Å². The van der Waals surface area contributed by atoms with Crippen LogP contribution in [0.15, 0.2) is 23.2 Å². The summed E-state index contributed by atoms with van der Waals surface area (Å²) in [5.41, 5.74) is 1.63. The monoisotopic (exact) mass is 572 g/mol. The number of hydrogen-bond acceptors (Lipinski definition) is 4. The lowest BCUT2D eigenvalue weighted by Crippen LogP contribution is -2.56. The van der Waals surface area contributed by atoms with Crippen molar-refractivity contribution in [2.24, 2.45) is 4.99 Å². The lowest BCUT2D eigenvalue weighted by atomic mass is 9.82. The summed E-state index contributed by atoms with van der Waals surface area (Å²) in [5, 5.41) is 7.05. The average Bonchev–Trinajstić information content (AvgIpc) is 2.78. The lowest BCUT2D eigenvalue weighted by Gasteiger charge is -2.47. The Hall–Kier alpha value is -1.13. The van der Waals surface area contributed by atoms with Crippen molar-refractivity contribution in [1.29, 1.82) is 0 Å². The highest BCUT2D eigenvalue weighted by molar-refractivity contribution is 14.0. The maximum atomic E-state index is 14.9. The zero-order valence-electron chi connectivity index (χ0n) is 20.5. The average molecular weight is 573 g/mol. The third-order valence-electron chi connectivity index (χ3n) is 7.62. The van der Waals surface area contributed by atoms with Crippen LogP contribution in [0.2, 0.25) is 0 Å². The van der Waals surface area contributed by atoms with Gasteiger partial charge in [0.05, 0.1) is 12.2 Å². The van der Waals surface area contributed by atoms with Crippen LogP contribution in [0.25, 0.3) is 0 Å². The summed E-state index contributed by atoms with van der Waals surface area (Å²) in [5.74, 6) is 0.712. The van der Waals surface area contributed by atoms with Crippen LogP contribution < -0.4 is 15.5 Å². The molecule has 2 N–H and O–H groups in total. The molecule has 2 bridgehead atoms. The Kier molecular flexibility index (Phi) is 10.1. The molecule has 4 rings (SSSR count). The van der Waals surface area contributed by atoms with Gasteiger partial charge >= 0.3 is 0 Å². The molecule has 0 aromatic heterocycles. The molecule has 3 aliphatic rings. The van der Waals surface area contributed by atoms with Gasteiger partial charge in [-0.3, -0.25) is 0 Å². The Morgan fingerprint density at radius 1 is 1.09 bits per heavy atom. The Bertz CT molecular complexity index is 768. The Morgan fingerprint density at radius 2 is 1.79 bits per heavy atom. The topological polar surface area (TPSA) is 46.1 Å². The number of hydrogen-bond donors (Lipinski definition) is 2. The number of piperidine rings is 2. The highest BCUT2D eigenvalue weighted by Crippen LogP contribution is 2.32. The number of anilines is 1. The molecule has 0 saturated carbocycles. The minimum absolute atomic E-state index is 0. The van der Waals surface area contributed by atoms with Crippen LogP contribution >= 0.6 is 24.0 Å². The predicted octanol–water partition coefficient (Wildman–Crippen LogP) is 3.66. The third-order valence-corrected chi connectivity index (χ3v) is 7.62. The number of benzene rings is 1. The van der Waals surface area contributed by atoms with E-state index in [0.29, 0.717) is 24.7 Å². The van der Waals surface area contributed by atoms with Crippen LogP contribution in [0.1, 0.15) is 51.5 Å². The van der Waals surface area contributed by atoms with Crippen LogP contribution in [0.5, 0.6) is 0 Å². The van der Waals surface area contributed by atoms with Gasteiger partial charge in [0.2, 0.25) is 0 Å². The zero-order chi connectivity index (χ0) is 22.5. The first-order valence-electron chi connectivity index (χ1n) is 12.6. The maximum Gasteiger partial charge on any atom is 0.191 e. The molecule has 2 unspecified atom stereocenters. The van der Waals surface area contributed by atoms with Crippen molar-refractivity contribution >= 4 is 35.6 Å². The van der Waals surface area contributed by atoms with E-state index in [1.807, 2.05) is 12.1 Å². The number of fused-ring (bicyclic) bond motifs is 2. The molecule has 6 nitrogen and oxygen atoms in total. The van der Waals surface area contributed by atoms with Gasteiger partial charge in [0.15, 0.2) is 5.96 Å². The van der Waals surface area contributed by atoms with Crippen LogP contribution in [-0.4, -0.2) is 80.2 Å². The number of nitrogens with zero attached hydrogens (tertiary/aromatic N) is 4.